The van der Waals surface area contributed by atoms with E-state index in [-0.39, 0.29) is 23.9 Å². The van der Waals surface area contributed by atoms with Gasteiger partial charge < -0.3 is 10.2 Å². The Morgan fingerprint density at radius 2 is 1.66 bits per heavy atom. The van der Waals surface area contributed by atoms with Gasteiger partial charge in [-0.15, -0.1) is 5.10 Å². The van der Waals surface area contributed by atoms with Crippen LogP contribution in [0.1, 0.15) is 6.92 Å². The molecule has 1 N–H and O–H groups in total. The molecule has 3 heterocycles. The Morgan fingerprint density at radius 1 is 0.971 bits per heavy atom. The molecule has 11 nitrogen and oxygen atoms in total. The highest BCUT2D eigenvalue weighted by Crippen LogP contribution is 2.26. The summed E-state index contributed by atoms with van der Waals surface area (Å²) in [7, 11) is -3.67. The van der Waals surface area contributed by atoms with E-state index in [2.05, 4.69) is 25.6 Å². The Hall–Kier alpha value is -3.61. The van der Waals surface area contributed by atoms with Gasteiger partial charge in [-0.1, -0.05) is 16.8 Å². The van der Waals surface area contributed by atoms with Crippen molar-refractivity contribution in [2.45, 2.75) is 11.8 Å². The van der Waals surface area contributed by atoms with E-state index in [1.165, 1.54) is 29.7 Å². The predicted molar refractivity (Wildman–Crippen MR) is 131 cm³/mol. The molecule has 5 rings (SSSR count). The van der Waals surface area contributed by atoms with Crippen molar-refractivity contribution in [2.24, 2.45) is 0 Å². The molecule has 0 aliphatic carbocycles. The van der Waals surface area contributed by atoms with Crippen molar-refractivity contribution in [2.75, 3.05) is 36.4 Å². The van der Waals surface area contributed by atoms with Crippen LogP contribution in [0, 0.1) is 0 Å². The second-order valence-electron chi connectivity index (χ2n) is 7.94. The summed E-state index contributed by atoms with van der Waals surface area (Å²) in [6, 6.07) is 13.3. The minimum Gasteiger partial charge on any atom is -0.352 e. The van der Waals surface area contributed by atoms with E-state index >= 15 is 0 Å². The number of benzene rings is 2. The van der Waals surface area contributed by atoms with Crippen LogP contribution >= 0.6 is 11.6 Å². The van der Waals surface area contributed by atoms with Crippen LogP contribution in [0.15, 0.2) is 59.8 Å². The van der Waals surface area contributed by atoms with Crippen LogP contribution in [0.3, 0.4) is 0 Å². The quantitative estimate of drug-likeness (QED) is 0.432. The molecule has 2 aromatic heterocycles. The Morgan fingerprint density at radius 3 is 2.31 bits per heavy atom. The fourth-order valence-electron chi connectivity index (χ4n) is 3.93. The van der Waals surface area contributed by atoms with Gasteiger partial charge in [0.2, 0.25) is 15.9 Å². The van der Waals surface area contributed by atoms with Crippen LogP contribution in [-0.2, 0) is 14.8 Å². The standard InChI is InChI=1S/C22H21ClN8O3S/c1-15(32)26-17-4-8-19(9-5-17)35(33,34)30-12-10-29(11-13-30)21-20-22(25-14-24-21)31(28-27-20)18-6-2-16(23)3-7-18/h2-9,14H,10-13H2,1H3,(H,26,32). The lowest BCUT2D eigenvalue weighted by Crippen LogP contribution is -2.49. The van der Waals surface area contributed by atoms with Gasteiger partial charge in [-0.05, 0) is 48.5 Å². The number of amides is 1. The molecule has 0 unspecified atom stereocenters. The maximum atomic E-state index is 13.1. The summed E-state index contributed by atoms with van der Waals surface area (Å²) in [5, 5.41) is 11.8. The monoisotopic (exact) mass is 512 g/mol. The topological polar surface area (TPSA) is 126 Å². The molecule has 1 aliphatic heterocycles. The summed E-state index contributed by atoms with van der Waals surface area (Å²) >= 11 is 5.99. The van der Waals surface area contributed by atoms with Crippen LogP contribution in [0.2, 0.25) is 5.02 Å². The lowest BCUT2D eigenvalue weighted by atomic mass is 10.3. The zero-order chi connectivity index (χ0) is 24.6. The molecule has 2 aromatic carbocycles. The summed E-state index contributed by atoms with van der Waals surface area (Å²) in [5.74, 6) is 0.385. The van der Waals surface area contributed by atoms with Gasteiger partial charge >= 0.3 is 0 Å². The molecule has 1 amide bonds. The molecule has 0 radical (unpaired) electrons. The zero-order valence-electron chi connectivity index (χ0n) is 18.7. The first-order valence-electron chi connectivity index (χ1n) is 10.8. The fraction of sp³-hybridized carbons (Fsp3) is 0.227. The number of aromatic nitrogens is 5. The second-order valence-corrected chi connectivity index (χ2v) is 10.3. The predicted octanol–water partition coefficient (Wildman–Crippen LogP) is 2.33. The van der Waals surface area contributed by atoms with Crippen LogP contribution in [-0.4, -0.2) is 69.8 Å². The van der Waals surface area contributed by atoms with Gasteiger partial charge in [-0.2, -0.15) is 8.99 Å². The smallest absolute Gasteiger partial charge is 0.243 e. The Labute approximate surface area is 206 Å². The summed E-state index contributed by atoms with van der Waals surface area (Å²) in [6.07, 6.45) is 1.45. The Kier molecular flexibility index (Phi) is 6.09. The number of anilines is 2. The Balaban J connectivity index is 1.33. The lowest BCUT2D eigenvalue weighted by molar-refractivity contribution is -0.114. The number of sulfonamides is 1. The SMILES string of the molecule is CC(=O)Nc1ccc(S(=O)(=O)N2CCN(c3ncnc4c3nnn4-c3ccc(Cl)cc3)CC2)cc1. The van der Waals surface area contributed by atoms with Gasteiger partial charge in [0.1, 0.15) is 6.33 Å². The highest BCUT2D eigenvalue weighted by Gasteiger charge is 2.30. The summed E-state index contributed by atoms with van der Waals surface area (Å²) in [4.78, 5) is 22.1. The number of nitrogens with one attached hydrogen (secondary N) is 1. The molecule has 1 aliphatic rings. The van der Waals surface area contributed by atoms with Gasteiger partial charge in [0.05, 0.1) is 10.6 Å². The van der Waals surface area contributed by atoms with Crippen molar-refractivity contribution in [1.29, 1.82) is 0 Å². The third-order valence-electron chi connectivity index (χ3n) is 5.64. The first-order chi connectivity index (χ1) is 16.8. The summed E-state index contributed by atoms with van der Waals surface area (Å²) in [5.41, 5.74) is 2.39. The number of piperazine rings is 1. The van der Waals surface area contributed by atoms with E-state index in [1.54, 1.807) is 28.9 Å². The van der Waals surface area contributed by atoms with E-state index in [0.717, 1.165) is 5.69 Å². The number of nitrogens with zero attached hydrogens (tertiary/aromatic N) is 7. The first-order valence-corrected chi connectivity index (χ1v) is 12.6. The van der Waals surface area contributed by atoms with E-state index in [9.17, 15) is 13.2 Å². The van der Waals surface area contributed by atoms with Crippen molar-refractivity contribution in [3.8, 4) is 5.69 Å². The van der Waals surface area contributed by atoms with Crippen LogP contribution < -0.4 is 10.2 Å². The first kappa shape index (κ1) is 23.1. The number of hydrogen-bond donors (Lipinski definition) is 1. The van der Waals surface area contributed by atoms with Crippen molar-refractivity contribution in [3.63, 3.8) is 0 Å². The number of carbonyl (C=O) groups is 1. The third kappa shape index (κ3) is 4.55. The zero-order valence-corrected chi connectivity index (χ0v) is 20.2. The average molecular weight is 513 g/mol. The number of fused-ring (bicyclic) bond motifs is 1. The van der Waals surface area contributed by atoms with Gasteiger partial charge in [0.15, 0.2) is 17.0 Å². The van der Waals surface area contributed by atoms with Crippen LogP contribution in [0.4, 0.5) is 11.5 Å². The van der Waals surface area contributed by atoms with Crippen LogP contribution in [0.25, 0.3) is 16.9 Å². The van der Waals surface area contributed by atoms with Crippen molar-refractivity contribution in [1.82, 2.24) is 29.3 Å². The Bertz CT molecular complexity index is 1480. The summed E-state index contributed by atoms with van der Waals surface area (Å²) in [6.45, 7) is 2.83. The molecule has 0 atom stereocenters. The average Bonchev–Trinajstić information content (AvgIpc) is 3.29. The molecule has 180 valence electrons. The van der Waals surface area contributed by atoms with Crippen LogP contribution in [0.5, 0.6) is 0 Å². The summed E-state index contributed by atoms with van der Waals surface area (Å²) < 4.78 is 29.3. The minimum atomic E-state index is -3.67. The normalized spacial score (nSPS) is 14.9. The molecule has 4 aromatic rings. The van der Waals surface area contributed by atoms with Crippen molar-refractivity contribution in [3.05, 3.63) is 59.9 Å². The molecule has 0 spiro atoms. The lowest BCUT2D eigenvalue weighted by Gasteiger charge is -2.34. The third-order valence-corrected chi connectivity index (χ3v) is 7.81. The number of rotatable bonds is 5. The number of carbonyl (C=O) groups excluding carboxylic acids is 1. The van der Waals surface area contributed by atoms with E-state index in [1.807, 2.05) is 17.0 Å². The molecule has 0 saturated carbocycles. The molecule has 0 bridgehead atoms. The maximum Gasteiger partial charge on any atom is 0.243 e. The molecule has 1 saturated heterocycles. The molecular formula is C22H21ClN8O3S. The number of hydrogen-bond acceptors (Lipinski definition) is 8. The van der Waals surface area contributed by atoms with E-state index in [4.69, 9.17) is 11.6 Å². The van der Waals surface area contributed by atoms with E-state index < -0.39 is 10.0 Å². The second kappa shape index (κ2) is 9.21. The highest BCUT2D eigenvalue weighted by molar-refractivity contribution is 7.89. The van der Waals surface area contributed by atoms with Crippen molar-refractivity contribution < 1.29 is 13.2 Å². The minimum absolute atomic E-state index is 0.176. The molecule has 35 heavy (non-hydrogen) atoms. The molecule has 13 heteroatoms. The molecule has 1 fully saturated rings. The molecular weight excluding hydrogens is 492 g/mol. The number of halogens is 1. The fourth-order valence-corrected chi connectivity index (χ4v) is 5.48. The van der Waals surface area contributed by atoms with Crippen molar-refractivity contribution >= 4 is 50.2 Å². The largest absolute Gasteiger partial charge is 0.352 e. The maximum absolute atomic E-state index is 13.1. The highest BCUT2D eigenvalue weighted by atomic mass is 35.5. The van der Waals surface area contributed by atoms with Gasteiger partial charge in [-0.25, -0.2) is 18.4 Å². The van der Waals surface area contributed by atoms with Gasteiger partial charge in [-0.3, -0.25) is 4.79 Å². The van der Waals surface area contributed by atoms with E-state index in [0.29, 0.717) is 40.8 Å². The van der Waals surface area contributed by atoms with Gasteiger partial charge in [0, 0.05) is 43.8 Å². The van der Waals surface area contributed by atoms with Gasteiger partial charge in [0.25, 0.3) is 0 Å².